The molecule has 1 amide bonds. The number of benzene rings is 1. The van der Waals surface area contributed by atoms with E-state index in [2.05, 4.69) is 15.3 Å². The van der Waals surface area contributed by atoms with Crippen molar-refractivity contribution >= 4 is 35.1 Å². The molecule has 3 N–H and O–H groups in total. The van der Waals surface area contributed by atoms with E-state index in [-0.39, 0.29) is 17.7 Å². The lowest BCUT2D eigenvalue weighted by atomic mass is 10.0. The number of nitrogens with one attached hydrogen (secondary N) is 1. The normalized spacial score (nSPS) is 12.0. The molecule has 23 heavy (non-hydrogen) atoms. The van der Waals surface area contributed by atoms with Gasteiger partial charge < -0.3 is 11.1 Å². The van der Waals surface area contributed by atoms with Gasteiger partial charge in [-0.05, 0) is 31.0 Å². The molecule has 0 aliphatic carbocycles. The number of aromatic nitrogens is 2. The standard InChI is InChI=1S/C16H19ClN4OS/c1-3-13(11-4-6-12(17)7-5-11)20-15(22)9-23-16-19-10(2)8-14(18)21-16/h4-8,13H,3,9H2,1-2H3,(H,20,22)(H2,18,19,21)/t13-/m1/s1. The van der Waals surface area contributed by atoms with E-state index in [0.29, 0.717) is 16.0 Å². The molecule has 0 fully saturated rings. The summed E-state index contributed by atoms with van der Waals surface area (Å²) in [4.78, 5) is 20.5. The van der Waals surface area contributed by atoms with Gasteiger partial charge in [-0.3, -0.25) is 4.79 Å². The van der Waals surface area contributed by atoms with Gasteiger partial charge >= 0.3 is 0 Å². The van der Waals surface area contributed by atoms with Crippen molar-refractivity contribution in [3.8, 4) is 0 Å². The summed E-state index contributed by atoms with van der Waals surface area (Å²) in [6.07, 6.45) is 0.798. The lowest BCUT2D eigenvalue weighted by Gasteiger charge is -2.17. The van der Waals surface area contributed by atoms with Gasteiger partial charge in [0.25, 0.3) is 0 Å². The molecular formula is C16H19ClN4OS. The van der Waals surface area contributed by atoms with Crippen molar-refractivity contribution in [1.29, 1.82) is 0 Å². The topological polar surface area (TPSA) is 80.9 Å². The molecule has 7 heteroatoms. The van der Waals surface area contributed by atoms with Gasteiger partial charge in [0.15, 0.2) is 5.16 Å². The van der Waals surface area contributed by atoms with Crippen LogP contribution in [0.15, 0.2) is 35.5 Å². The molecule has 122 valence electrons. The molecule has 2 aromatic rings. The molecule has 0 saturated carbocycles. The van der Waals surface area contributed by atoms with Gasteiger partial charge in [-0.15, -0.1) is 0 Å². The van der Waals surface area contributed by atoms with Crippen molar-refractivity contribution in [3.05, 3.63) is 46.6 Å². The number of aryl methyl sites for hydroxylation is 1. The third kappa shape index (κ3) is 5.41. The van der Waals surface area contributed by atoms with Crippen LogP contribution < -0.4 is 11.1 Å². The molecule has 0 aliphatic rings. The largest absolute Gasteiger partial charge is 0.384 e. The van der Waals surface area contributed by atoms with Gasteiger partial charge in [-0.1, -0.05) is 42.4 Å². The number of amides is 1. The Labute approximate surface area is 145 Å². The Hall–Kier alpha value is -1.79. The van der Waals surface area contributed by atoms with Crippen LogP contribution in [-0.4, -0.2) is 21.6 Å². The molecule has 0 bridgehead atoms. The summed E-state index contributed by atoms with van der Waals surface area (Å²) < 4.78 is 0. The predicted octanol–water partition coefficient (Wildman–Crippen LogP) is 3.38. The summed E-state index contributed by atoms with van der Waals surface area (Å²) in [5.41, 5.74) is 7.50. The minimum Gasteiger partial charge on any atom is -0.384 e. The van der Waals surface area contributed by atoms with E-state index in [1.54, 1.807) is 6.07 Å². The van der Waals surface area contributed by atoms with Crippen molar-refractivity contribution < 1.29 is 4.79 Å². The van der Waals surface area contributed by atoms with Crippen LogP contribution >= 0.6 is 23.4 Å². The molecule has 5 nitrogen and oxygen atoms in total. The highest BCUT2D eigenvalue weighted by Crippen LogP contribution is 2.20. The maximum Gasteiger partial charge on any atom is 0.230 e. The number of thioether (sulfide) groups is 1. The van der Waals surface area contributed by atoms with Crippen molar-refractivity contribution in [1.82, 2.24) is 15.3 Å². The summed E-state index contributed by atoms with van der Waals surface area (Å²) in [6.45, 7) is 3.87. The minimum absolute atomic E-state index is 0.0381. The molecule has 0 aliphatic heterocycles. The second-order valence-corrected chi connectivity index (χ2v) is 6.46. The fraction of sp³-hybridized carbons (Fsp3) is 0.312. The first-order chi connectivity index (χ1) is 11.0. The molecule has 1 aromatic carbocycles. The number of halogens is 1. The lowest BCUT2D eigenvalue weighted by molar-refractivity contribution is -0.119. The minimum atomic E-state index is -0.0690. The first-order valence-corrected chi connectivity index (χ1v) is 8.63. The Kier molecular flexibility index (Phi) is 6.24. The van der Waals surface area contributed by atoms with Gasteiger partial charge in [-0.2, -0.15) is 0 Å². The quantitative estimate of drug-likeness (QED) is 0.616. The number of nitrogen functional groups attached to an aromatic ring is 1. The SMILES string of the molecule is CC[C@@H](NC(=O)CSc1nc(C)cc(N)n1)c1ccc(Cl)cc1. The molecule has 0 unspecified atom stereocenters. The summed E-state index contributed by atoms with van der Waals surface area (Å²) in [7, 11) is 0. The smallest absolute Gasteiger partial charge is 0.230 e. The maximum atomic E-state index is 12.2. The van der Waals surface area contributed by atoms with Gasteiger partial charge in [0.1, 0.15) is 5.82 Å². The number of nitrogens with two attached hydrogens (primary N) is 1. The second kappa shape index (κ2) is 8.17. The van der Waals surface area contributed by atoms with Crippen LogP contribution in [0.25, 0.3) is 0 Å². The van der Waals surface area contributed by atoms with E-state index in [9.17, 15) is 4.79 Å². The number of carbonyl (C=O) groups excluding carboxylic acids is 1. The number of hydrogen-bond donors (Lipinski definition) is 2. The molecule has 0 saturated heterocycles. The highest BCUT2D eigenvalue weighted by molar-refractivity contribution is 7.99. The van der Waals surface area contributed by atoms with Crippen molar-refractivity contribution in [2.45, 2.75) is 31.5 Å². The molecule has 2 rings (SSSR count). The summed E-state index contributed by atoms with van der Waals surface area (Å²) in [5.74, 6) is 0.584. The van der Waals surface area contributed by atoms with Gasteiger partial charge in [0.05, 0.1) is 11.8 Å². The van der Waals surface area contributed by atoms with Crippen molar-refractivity contribution in [3.63, 3.8) is 0 Å². The van der Waals surface area contributed by atoms with Crippen molar-refractivity contribution in [2.75, 3.05) is 11.5 Å². The zero-order valence-electron chi connectivity index (χ0n) is 13.0. The Morgan fingerprint density at radius 1 is 1.35 bits per heavy atom. The van der Waals surface area contributed by atoms with Crippen LogP contribution in [0.5, 0.6) is 0 Å². The third-order valence-electron chi connectivity index (χ3n) is 3.20. The first-order valence-electron chi connectivity index (χ1n) is 7.26. The van der Waals surface area contributed by atoms with Crippen molar-refractivity contribution in [2.24, 2.45) is 0 Å². The molecule has 1 aromatic heterocycles. The molecule has 1 atom stereocenters. The zero-order chi connectivity index (χ0) is 16.8. The molecule has 1 heterocycles. The zero-order valence-corrected chi connectivity index (χ0v) is 14.6. The number of anilines is 1. The van der Waals surface area contributed by atoms with Gasteiger partial charge in [0, 0.05) is 16.8 Å². The number of rotatable bonds is 6. The number of carbonyl (C=O) groups is 1. The Morgan fingerprint density at radius 2 is 2.04 bits per heavy atom. The van der Waals surface area contributed by atoms with E-state index < -0.39 is 0 Å². The molecule has 0 radical (unpaired) electrons. The third-order valence-corrected chi connectivity index (χ3v) is 4.30. The monoisotopic (exact) mass is 350 g/mol. The van der Waals surface area contributed by atoms with Crippen LogP contribution in [0.3, 0.4) is 0 Å². The van der Waals surface area contributed by atoms with E-state index in [1.807, 2.05) is 38.1 Å². The second-order valence-electron chi connectivity index (χ2n) is 5.09. The Morgan fingerprint density at radius 3 is 2.65 bits per heavy atom. The van der Waals surface area contributed by atoms with Crippen LogP contribution in [-0.2, 0) is 4.79 Å². The van der Waals surface area contributed by atoms with Crippen LogP contribution in [0.4, 0.5) is 5.82 Å². The molecular weight excluding hydrogens is 332 g/mol. The average molecular weight is 351 g/mol. The van der Waals surface area contributed by atoms with Crippen LogP contribution in [0.2, 0.25) is 5.02 Å². The fourth-order valence-electron chi connectivity index (χ4n) is 2.11. The summed E-state index contributed by atoms with van der Waals surface area (Å²) in [5, 5.41) is 4.20. The van der Waals surface area contributed by atoms with Crippen LogP contribution in [0, 0.1) is 6.92 Å². The number of nitrogens with zero attached hydrogens (tertiary/aromatic N) is 2. The fourth-order valence-corrected chi connectivity index (χ4v) is 2.96. The van der Waals surface area contributed by atoms with E-state index in [0.717, 1.165) is 17.7 Å². The molecule has 0 spiro atoms. The van der Waals surface area contributed by atoms with Crippen LogP contribution in [0.1, 0.15) is 30.6 Å². The number of hydrogen-bond acceptors (Lipinski definition) is 5. The summed E-state index contributed by atoms with van der Waals surface area (Å²) >= 11 is 7.17. The summed E-state index contributed by atoms with van der Waals surface area (Å²) in [6, 6.07) is 9.15. The highest BCUT2D eigenvalue weighted by atomic mass is 35.5. The van der Waals surface area contributed by atoms with Gasteiger partial charge in [-0.25, -0.2) is 9.97 Å². The first kappa shape index (κ1) is 17.6. The highest BCUT2D eigenvalue weighted by Gasteiger charge is 2.13. The predicted molar refractivity (Wildman–Crippen MR) is 94.5 cm³/mol. The maximum absolute atomic E-state index is 12.2. The van der Waals surface area contributed by atoms with E-state index in [1.165, 1.54) is 11.8 Å². The van der Waals surface area contributed by atoms with E-state index in [4.69, 9.17) is 17.3 Å². The van der Waals surface area contributed by atoms with Gasteiger partial charge in [0.2, 0.25) is 5.91 Å². The Bertz CT molecular complexity index is 658. The Balaban J connectivity index is 1.93. The van der Waals surface area contributed by atoms with E-state index >= 15 is 0 Å². The lowest BCUT2D eigenvalue weighted by Crippen LogP contribution is -2.29. The average Bonchev–Trinajstić information content (AvgIpc) is 2.51.